The molecule has 1 aliphatic rings. The minimum atomic E-state index is -0.121. The summed E-state index contributed by atoms with van der Waals surface area (Å²) in [6.45, 7) is 0. The number of methoxy groups -OCH3 is 2. The Kier molecular flexibility index (Phi) is 6.97. The number of rotatable bonds is 7. The van der Waals surface area contributed by atoms with E-state index in [4.69, 9.17) is 25.8 Å². The van der Waals surface area contributed by atoms with Gasteiger partial charge in [-0.25, -0.2) is 0 Å². The van der Waals surface area contributed by atoms with Crippen LogP contribution in [-0.4, -0.2) is 20.1 Å². The Morgan fingerprint density at radius 3 is 1.76 bits per heavy atom. The van der Waals surface area contributed by atoms with Crippen LogP contribution in [-0.2, 0) is 4.79 Å². The number of hydrogen-bond acceptors (Lipinski definition) is 4. The number of ether oxygens (including phenoxy) is 3. The van der Waals surface area contributed by atoms with Crippen LogP contribution in [0.3, 0.4) is 0 Å². The van der Waals surface area contributed by atoms with Gasteiger partial charge in [-0.2, -0.15) is 0 Å². The van der Waals surface area contributed by atoms with Gasteiger partial charge in [0.25, 0.3) is 5.91 Å². The predicted octanol–water partition coefficient (Wildman–Crippen LogP) is 7.62. The maximum Gasteiger partial charge on any atom is 0.262 e. The summed E-state index contributed by atoms with van der Waals surface area (Å²) in [5.74, 6) is 2.75. The molecule has 0 radical (unpaired) electrons. The molecule has 184 valence electrons. The Morgan fingerprint density at radius 2 is 1.19 bits per heavy atom. The molecule has 0 spiro atoms. The van der Waals surface area contributed by atoms with Gasteiger partial charge in [0.2, 0.25) is 0 Å². The summed E-state index contributed by atoms with van der Waals surface area (Å²) < 4.78 is 16.4. The third-order valence-electron chi connectivity index (χ3n) is 5.95. The largest absolute Gasteiger partial charge is 0.497 e. The first kappa shape index (κ1) is 24.2. The second-order valence-electron chi connectivity index (χ2n) is 8.32. The van der Waals surface area contributed by atoms with Crippen LogP contribution in [0.2, 0.25) is 5.02 Å². The first-order chi connectivity index (χ1) is 18.0. The first-order valence-corrected chi connectivity index (χ1v) is 12.0. The molecule has 5 nitrogen and oxygen atoms in total. The fraction of sp³-hybridized carbons (Fsp3) is 0.0645. The van der Waals surface area contributed by atoms with Gasteiger partial charge in [-0.05, 0) is 96.1 Å². The molecule has 0 bridgehead atoms. The van der Waals surface area contributed by atoms with Gasteiger partial charge in [0, 0.05) is 16.3 Å². The highest BCUT2D eigenvalue weighted by molar-refractivity contribution is 6.30. The van der Waals surface area contributed by atoms with E-state index in [1.807, 2.05) is 109 Å². The summed E-state index contributed by atoms with van der Waals surface area (Å²) in [4.78, 5) is 15.3. The molecule has 0 unspecified atom stereocenters. The third-order valence-corrected chi connectivity index (χ3v) is 6.20. The SMILES string of the molecule is COc1ccc(/C=C2/C=C(c3ccc(Cl)cc3)N(c3ccc(Oc4ccc(OC)cc4)cc3)C2=O)cc1. The summed E-state index contributed by atoms with van der Waals surface area (Å²) in [6, 6.07) is 29.8. The molecule has 5 rings (SSSR count). The van der Waals surface area contributed by atoms with Crippen LogP contribution in [0.25, 0.3) is 11.8 Å². The molecule has 0 fully saturated rings. The van der Waals surface area contributed by atoms with E-state index in [9.17, 15) is 4.79 Å². The van der Waals surface area contributed by atoms with Crippen molar-refractivity contribution in [1.29, 1.82) is 0 Å². The highest BCUT2D eigenvalue weighted by atomic mass is 35.5. The lowest BCUT2D eigenvalue weighted by Gasteiger charge is -2.21. The molecule has 4 aromatic carbocycles. The van der Waals surface area contributed by atoms with Gasteiger partial charge in [0.15, 0.2) is 0 Å². The van der Waals surface area contributed by atoms with Gasteiger partial charge >= 0.3 is 0 Å². The van der Waals surface area contributed by atoms with Crippen molar-refractivity contribution in [2.45, 2.75) is 0 Å². The first-order valence-electron chi connectivity index (χ1n) is 11.6. The minimum absolute atomic E-state index is 0.121. The number of amides is 1. The molecule has 1 heterocycles. The summed E-state index contributed by atoms with van der Waals surface area (Å²) >= 11 is 6.12. The fourth-order valence-electron chi connectivity index (χ4n) is 4.03. The smallest absolute Gasteiger partial charge is 0.262 e. The molecule has 1 aliphatic heterocycles. The van der Waals surface area contributed by atoms with Gasteiger partial charge < -0.3 is 14.2 Å². The Bertz CT molecular complexity index is 1460. The van der Waals surface area contributed by atoms with Crippen molar-refractivity contribution in [2.75, 3.05) is 19.1 Å². The molecular formula is C31H24ClNO4. The molecule has 0 aromatic heterocycles. The zero-order valence-electron chi connectivity index (χ0n) is 20.4. The summed E-state index contributed by atoms with van der Waals surface area (Å²) in [6.07, 6.45) is 3.77. The van der Waals surface area contributed by atoms with Crippen LogP contribution < -0.4 is 19.1 Å². The van der Waals surface area contributed by atoms with E-state index in [2.05, 4.69) is 0 Å². The van der Waals surface area contributed by atoms with Crippen LogP contribution >= 0.6 is 11.6 Å². The normalized spacial score (nSPS) is 14.0. The zero-order chi connectivity index (χ0) is 25.8. The van der Waals surface area contributed by atoms with Crippen molar-refractivity contribution in [3.63, 3.8) is 0 Å². The molecule has 37 heavy (non-hydrogen) atoms. The average molecular weight is 510 g/mol. The van der Waals surface area contributed by atoms with Crippen molar-refractivity contribution in [3.05, 3.63) is 125 Å². The van der Waals surface area contributed by atoms with Crippen LogP contribution in [0, 0.1) is 0 Å². The van der Waals surface area contributed by atoms with Gasteiger partial charge in [0.1, 0.15) is 23.0 Å². The summed E-state index contributed by atoms with van der Waals surface area (Å²) in [5.41, 5.74) is 3.86. The zero-order valence-corrected chi connectivity index (χ0v) is 21.1. The molecule has 1 amide bonds. The summed E-state index contributed by atoms with van der Waals surface area (Å²) in [7, 11) is 3.25. The number of carbonyl (C=O) groups excluding carboxylic acids is 1. The molecule has 0 atom stereocenters. The maximum absolute atomic E-state index is 13.6. The van der Waals surface area contributed by atoms with E-state index in [1.54, 1.807) is 19.1 Å². The number of anilines is 1. The Hall–Kier alpha value is -4.48. The predicted molar refractivity (Wildman–Crippen MR) is 147 cm³/mol. The molecule has 0 aliphatic carbocycles. The van der Waals surface area contributed by atoms with Gasteiger partial charge in [-0.3, -0.25) is 9.69 Å². The number of halogens is 1. The van der Waals surface area contributed by atoms with Crippen molar-refractivity contribution in [3.8, 4) is 23.0 Å². The van der Waals surface area contributed by atoms with Crippen molar-refractivity contribution < 1.29 is 19.0 Å². The Morgan fingerprint density at radius 1 is 0.676 bits per heavy atom. The molecule has 0 saturated heterocycles. The number of hydrogen-bond donors (Lipinski definition) is 0. The van der Waals surface area contributed by atoms with E-state index >= 15 is 0 Å². The number of benzene rings is 4. The third kappa shape index (κ3) is 5.37. The van der Waals surface area contributed by atoms with Gasteiger partial charge in [-0.1, -0.05) is 35.9 Å². The van der Waals surface area contributed by atoms with Gasteiger partial charge in [-0.15, -0.1) is 0 Å². The lowest BCUT2D eigenvalue weighted by Crippen LogP contribution is -2.24. The minimum Gasteiger partial charge on any atom is -0.497 e. The van der Waals surface area contributed by atoms with Crippen LogP contribution in [0.1, 0.15) is 11.1 Å². The van der Waals surface area contributed by atoms with Gasteiger partial charge in [0.05, 0.1) is 19.9 Å². The quantitative estimate of drug-likeness (QED) is 0.240. The lowest BCUT2D eigenvalue weighted by molar-refractivity contribution is -0.113. The second-order valence-corrected chi connectivity index (χ2v) is 8.76. The van der Waals surface area contributed by atoms with Crippen molar-refractivity contribution >= 4 is 35.0 Å². The Labute approximate surface area is 220 Å². The molecule has 6 heteroatoms. The van der Waals surface area contributed by atoms with Crippen LogP contribution in [0.5, 0.6) is 23.0 Å². The molecule has 0 saturated carbocycles. The van der Waals surface area contributed by atoms with Crippen LogP contribution in [0.15, 0.2) is 109 Å². The molecular weight excluding hydrogens is 486 g/mol. The highest BCUT2D eigenvalue weighted by Gasteiger charge is 2.30. The standard InChI is InChI=1S/C31H24ClNO4/c1-35-26-11-3-21(4-12-26)19-23-20-30(22-5-7-24(32)8-6-22)33(31(23)34)25-9-13-28(14-10-25)37-29-17-15-27(36-2)16-18-29/h3-20H,1-2H3/b23-19-. The lowest BCUT2D eigenvalue weighted by atomic mass is 10.1. The van der Waals surface area contributed by atoms with Crippen molar-refractivity contribution in [2.24, 2.45) is 0 Å². The fourth-order valence-corrected chi connectivity index (χ4v) is 4.15. The second kappa shape index (κ2) is 10.6. The maximum atomic E-state index is 13.6. The Balaban J connectivity index is 1.45. The highest BCUT2D eigenvalue weighted by Crippen LogP contribution is 2.37. The number of carbonyl (C=O) groups is 1. The van der Waals surface area contributed by atoms with Crippen LogP contribution in [0.4, 0.5) is 5.69 Å². The van der Waals surface area contributed by atoms with E-state index in [-0.39, 0.29) is 5.91 Å². The van der Waals surface area contributed by atoms with E-state index < -0.39 is 0 Å². The van der Waals surface area contributed by atoms with Crippen molar-refractivity contribution in [1.82, 2.24) is 0 Å². The monoisotopic (exact) mass is 509 g/mol. The molecule has 0 N–H and O–H groups in total. The summed E-state index contributed by atoms with van der Waals surface area (Å²) in [5, 5.41) is 0.634. The van der Waals surface area contributed by atoms with E-state index in [0.29, 0.717) is 22.1 Å². The van der Waals surface area contributed by atoms with E-state index in [1.165, 1.54) is 0 Å². The average Bonchev–Trinajstić information content (AvgIpc) is 3.26. The molecule has 4 aromatic rings. The topological polar surface area (TPSA) is 48.0 Å². The number of nitrogens with zero attached hydrogens (tertiary/aromatic N) is 1. The van der Waals surface area contributed by atoms with E-state index in [0.717, 1.165) is 34.0 Å².